The van der Waals surface area contributed by atoms with E-state index in [1.54, 1.807) is 12.1 Å². The molecule has 0 fully saturated rings. The molecule has 0 aliphatic heterocycles. The maximum atomic E-state index is 13.0. The molecule has 0 bridgehead atoms. The van der Waals surface area contributed by atoms with Crippen molar-refractivity contribution < 1.29 is 23.0 Å². The van der Waals surface area contributed by atoms with Gasteiger partial charge in [-0.1, -0.05) is 12.1 Å². The molecule has 0 saturated carbocycles. The molecule has 0 aliphatic rings. The van der Waals surface area contributed by atoms with Crippen molar-refractivity contribution in [1.82, 2.24) is 9.78 Å². The van der Waals surface area contributed by atoms with Gasteiger partial charge in [0.15, 0.2) is 5.69 Å². The number of benzene rings is 1. The number of aliphatic hydroxyl groups excluding tert-OH is 1. The molecule has 19 heavy (non-hydrogen) atoms. The van der Waals surface area contributed by atoms with E-state index in [-0.39, 0.29) is 17.0 Å². The third-order valence-corrected chi connectivity index (χ3v) is 2.60. The Morgan fingerprint density at radius 2 is 2.00 bits per heavy atom. The second-order valence-corrected chi connectivity index (χ2v) is 3.76. The number of rotatable bonds is 3. The quantitative estimate of drug-likeness (QED) is 0.933. The van der Waals surface area contributed by atoms with Crippen LogP contribution >= 0.6 is 0 Å². The van der Waals surface area contributed by atoms with Crippen molar-refractivity contribution in [2.45, 2.75) is 12.8 Å². The lowest BCUT2D eigenvalue weighted by Gasteiger charge is -2.14. The van der Waals surface area contributed by atoms with Gasteiger partial charge in [0.1, 0.15) is 11.4 Å². The average molecular weight is 272 g/mol. The third-order valence-electron chi connectivity index (χ3n) is 2.60. The molecule has 0 unspecified atom stereocenters. The number of hydrogen-bond donors (Lipinski definition) is 1. The Morgan fingerprint density at radius 1 is 1.32 bits per heavy atom. The van der Waals surface area contributed by atoms with Gasteiger partial charge in [-0.2, -0.15) is 18.3 Å². The monoisotopic (exact) mass is 272 g/mol. The van der Waals surface area contributed by atoms with Crippen LogP contribution in [0, 0.1) is 0 Å². The number of aliphatic hydroxyl groups is 1. The summed E-state index contributed by atoms with van der Waals surface area (Å²) in [5, 5.41) is 12.7. The second kappa shape index (κ2) is 4.93. The Kier molecular flexibility index (Phi) is 3.48. The lowest BCUT2D eigenvalue weighted by Crippen LogP contribution is -2.16. The molecule has 2 aromatic rings. The molecule has 1 aromatic carbocycles. The smallest absolute Gasteiger partial charge is 0.433 e. The zero-order chi connectivity index (χ0) is 14.0. The molecule has 4 nitrogen and oxygen atoms in total. The zero-order valence-corrected chi connectivity index (χ0v) is 9.98. The number of para-hydroxylation sites is 2. The molecule has 0 aliphatic carbocycles. The Hall–Kier alpha value is -2.02. The van der Waals surface area contributed by atoms with Crippen LogP contribution < -0.4 is 4.74 Å². The molecule has 1 N–H and O–H groups in total. The van der Waals surface area contributed by atoms with Gasteiger partial charge in [0.25, 0.3) is 0 Å². The predicted molar refractivity (Wildman–Crippen MR) is 61.0 cm³/mol. The zero-order valence-electron chi connectivity index (χ0n) is 9.98. The SMILES string of the molecule is COc1ccccc1-n1ncc(CO)c1C(F)(F)F. The van der Waals surface area contributed by atoms with Crippen LogP contribution in [0.15, 0.2) is 30.5 Å². The number of ether oxygens (including phenoxy) is 1. The van der Waals surface area contributed by atoms with Gasteiger partial charge < -0.3 is 9.84 Å². The van der Waals surface area contributed by atoms with Crippen molar-refractivity contribution in [2.75, 3.05) is 7.11 Å². The number of methoxy groups -OCH3 is 1. The molecular formula is C12H11F3N2O2. The van der Waals surface area contributed by atoms with Crippen molar-refractivity contribution in [3.8, 4) is 11.4 Å². The summed E-state index contributed by atoms with van der Waals surface area (Å²) in [6, 6.07) is 6.22. The molecular weight excluding hydrogens is 261 g/mol. The molecule has 0 amide bonds. The summed E-state index contributed by atoms with van der Waals surface area (Å²) < 4.78 is 44.9. The van der Waals surface area contributed by atoms with Crippen LogP contribution in [0.4, 0.5) is 13.2 Å². The molecule has 0 atom stereocenters. The minimum atomic E-state index is -4.62. The highest BCUT2D eigenvalue weighted by molar-refractivity contribution is 5.48. The first-order valence-corrected chi connectivity index (χ1v) is 5.37. The van der Waals surface area contributed by atoms with Crippen LogP contribution in [0.1, 0.15) is 11.3 Å². The van der Waals surface area contributed by atoms with E-state index < -0.39 is 18.5 Å². The molecule has 7 heteroatoms. The molecule has 0 radical (unpaired) electrons. The van der Waals surface area contributed by atoms with Crippen molar-refractivity contribution >= 4 is 0 Å². The molecule has 1 aromatic heterocycles. The van der Waals surface area contributed by atoms with Crippen molar-refractivity contribution in [3.63, 3.8) is 0 Å². The van der Waals surface area contributed by atoms with E-state index in [4.69, 9.17) is 9.84 Å². The molecule has 0 saturated heterocycles. The van der Waals surface area contributed by atoms with Gasteiger partial charge in [-0.25, -0.2) is 4.68 Å². The normalized spacial score (nSPS) is 11.6. The Bertz CT molecular complexity index is 579. The highest BCUT2D eigenvalue weighted by atomic mass is 19.4. The van der Waals surface area contributed by atoms with E-state index in [2.05, 4.69) is 5.10 Å². The first-order valence-electron chi connectivity index (χ1n) is 5.37. The fraction of sp³-hybridized carbons (Fsp3) is 0.250. The van der Waals surface area contributed by atoms with E-state index in [0.29, 0.717) is 0 Å². The third kappa shape index (κ3) is 2.41. The summed E-state index contributed by atoms with van der Waals surface area (Å²) in [7, 11) is 1.36. The highest BCUT2D eigenvalue weighted by Crippen LogP contribution is 2.35. The van der Waals surface area contributed by atoms with Crippen molar-refractivity contribution in [2.24, 2.45) is 0 Å². The Balaban J connectivity index is 2.66. The predicted octanol–water partition coefficient (Wildman–Crippen LogP) is 2.39. The average Bonchev–Trinajstić information content (AvgIpc) is 2.82. The Labute approximate surface area is 107 Å². The minimum absolute atomic E-state index is 0.164. The van der Waals surface area contributed by atoms with E-state index in [0.717, 1.165) is 10.9 Å². The van der Waals surface area contributed by atoms with Crippen LogP contribution in [0.5, 0.6) is 5.75 Å². The molecule has 102 valence electrons. The largest absolute Gasteiger partial charge is 0.494 e. The summed E-state index contributed by atoms with van der Waals surface area (Å²) in [5.74, 6) is 0.264. The summed E-state index contributed by atoms with van der Waals surface area (Å²) in [6.07, 6.45) is -3.62. The summed E-state index contributed by atoms with van der Waals surface area (Å²) in [4.78, 5) is 0. The van der Waals surface area contributed by atoms with E-state index in [9.17, 15) is 13.2 Å². The van der Waals surface area contributed by atoms with Crippen molar-refractivity contribution in [3.05, 3.63) is 41.7 Å². The second-order valence-electron chi connectivity index (χ2n) is 3.76. The van der Waals surface area contributed by atoms with E-state index >= 15 is 0 Å². The first kappa shape index (κ1) is 13.4. The highest BCUT2D eigenvalue weighted by Gasteiger charge is 2.38. The molecule has 2 rings (SSSR count). The fourth-order valence-corrected chi connectivity index (χ4v) is 1.79. The standard InChI is InChI=1S/C12H11F3N2O2/c1-19-10-5-3-2-4-9(10)17-11(12(13,14)15)8(7-18)6-16-17/h2-6,18H,7H2,1H3. The van der Waals surface area contributed by atoms with Gasteiger partial charge >= 0.3 is 6.18 Å². The van der Waals surface area contributed by atoms with Crippen LogP contribution in [0.3, 0.4) is 0 Å². The van der Waals surface area contributed by atoms with Gasteiger partial charge in [0.05, 0.1) is 19.9 Å². The number of hydrogen-bond acceptors (Lipinski definition) is 3. The van der Waals surface area contributed by atoms with Crippen LogP contribution in [0.2, 0.25) is 0 Å². The van der Waals surface area contributed by atoms with Crippen molar-refractivity contribution in [1.29, 1.82) is 0 Å². The lowest BCUT2D eigenvalue weighted by atomic mass is 10.2. The maximum absolute atomic E-state index is 13.0. The molecule has 0 spiro atoms. The number of alkyl halides is 3. The summed E-state index contributed by atoms with van der Waals surface area (Å²) in [6.45, 7) is -0.732. The van der Waals surface area contributed by atoms with Gasteiger partial charge in [-0.3, -0.25) is 0 Å². The number of halogens is 3. The van der Waals surface area contributed by atoms with Gasteiger partial charge in [-0.05, 0) is 12.1 Å². The minimum Gasteiger partial charge on any atom is -0.494 e. The topological polar surface area (TPSA) is 47.3 Å². The van der Waals surface area contributed by atoms with Gasteiger partial charge in [0.2, 0.25) is 0 Å². The summed E-state index contributed by atoms with van der Waals surface area (Å²) in [5.41, 5.74) is -1.12. The molecule has 1 heterocycles. The van der Waals surface area contributed by atoms with Crippen LogP contribution in [0.25, 0.3) is 5.69 Å². The summed E-state index contributed by atoms with van der Waals surface area (Å²) >= 11 is 0. The number of nitrogens with zero attached hydrogens (tertiary/aromatic N) is 2. The fourth-order valence-electron chi connectivity index (χ4n) is 1.79. The van der Waals surface area contributed by atoms with Crippen LogP contribution in [-0.2, 0) is 12.8 Å². The van der Waals surface area contributed by atoms with Gasteiger partial charge in [0, 0.05) is 5.56 Å². The number of aromatic nitrogens is 2. The van der Waals surface area contributed by atoms with Crippen LogP contribution in [-0.4, -0.2) is 22.0 Å². The van der Waals surface area contributed by atoms with Gasteiger partial charge in [-0.15, -0.1) is 0 Å². The van der Waals surface area contributed by atoms with E-state index in [1.165, 1.54) is 19.2 Å². The lowest BCUT2D eigenvalue weighted by molar-refractivity contribution is -0.143. The van der Waals surface area contributed by atoms with E-state index in [1.807, 2.05) is 0 Å². The Morgan fingerprint density at radius 3 is 2.58 bits per heavy atom. The maximum Gasteiger partial charge on any atom is 0.433 e. The first-order chi connectivity index (χ1) is 8.99.